The van der Waals surface area contributed by atoms with E-state index in [1.807, 2.05) is 46.0 Å². The number of benzene rings is 2. The number of para-hydroxylation sites is 1. The number of hydrogen-bond acceptors (Lipinski definition) is 3. The van der Waals surface area contributed by atoms with E-state index >= 15 is 0 Å². The molecule has 3 aromatic rings. The predicted octanol–water partition coefficient (Wildman–Crippen LogP) is 3.65. The van der Waals surface area contributed by atoms with Gasteiger partial charge < -0.3 is 10.0 Å². The summed E-state index contributed by atoms with van der Waals surface area (Å²) in [5.74, 6) is -0.607. The van der Waals surface area contributed by atoms with Crippen LogP contribution in [-0.2, 0) is 13.0 Å². The number of aromatic nitrogens is 2. The third-order valence-corrected chi connectivity index (χ3v) is 5.75. The van der Waals surface area contributed by atoms with E-state index in [0.29, 0.717) is 24.6 Å². The van der Waals surface area contributed by atoms with Crippen LogP contribution in [0.3, 0.4) is 0 Å². The van der Waals surface area contributed by atoms with Gasteiger partial charge >= 0.3 is 5.97 Å². The molecular formula is C23H21N3O3. The molecule has 1 aliphatic heterocycles. The summed E-state index contributed by atoms with van der Waals surface area (Å²) >= 11 is 0. The number of carbonyl (C=O) groups is 2. The first-order valence-electron chi connectivity index (χ1n) is 9.89. The maximum absolute atomic E-state index is 13.4. The van der Waals surface area contributed by atoms with Crippen LogP contribution in [0, 0.1) is 0 Å². The first-order valence-corrected chi connectivity index (χ1v) is 9.89. The number of carboxylic acids is 1. The number of aromatic carboxylic acids is 1. The van der Waals surface area contributed by atoms with Crippen molar-refractivity contribution < 1.29 is 14.7 Å². The highest BCUT2D eigenvalue weighted by atomic mass is 16.4. The summed E-state index contributed by atoms with van der Waals surface area (Å²) < 4.78 is 1.89. The minimum atomic E-state index is -0.948. The van der Waals surface area contributed by atoms with Gasteiger partial charge in [0.2, 0.25) is 0 Å². The zero-order valence-electron chi connectivity index (χ0n) is 15.9. The van der Waals surface area contributed by atoms with Crippen LogP contribution in [0.5, 0.6) is 0 Å². The zero-order valence-corrected chi connectivity index (χ0v) is 15.9. The first kappa shape index (κ1) is 17.7. The molecule has 1 N–H and O–H groups in total. The minimum absolute atomic E-state index is 0.0274. The Bertz CT molecular complexity index is 1100. The molecule has 2 aromatic carbocycles. The third kappa shape index (κ3) is 3.20. The van der Waals surface area contributed by atoms with Gasteiger partial charge in [0.05, 0.1) is 28.7 Å². The summed E-state index contributed by atoms with van der Waals surface area (Å²) in [6, 6.07) is 15.1. The van der Waals surface area contributed by atoms with E-state index < -0.39 is 5.97 Å². The van der Waals surface area contributed by atoms with Crippen LogP contribution in [0.4, 0.5) is 0 Å². The molecular weight excluding hydrogens is 366 g/mol. The molecule has 29 heavy (non-hydrogen) atoms. The van der Waals surface area contributed by atoms with Gasteiger partial charge in [-0.05, 0) is 54.7 Å². The molecule has 5 rings (SSSR count). The van der Waals surface area contributed by atoms with Crippen molar-refractivity contribution >= 4 is 11.9 Å². The lowest BCUT2D eigenvalue weighted by Crippen LogP contribution is -2.36. The van der Waals surface area contributed by atoms with Gasteiger partial charge in [-0.25, -0.2) is 9.48 Å². The van der Waals surface area contributed by atoms with Crippen LogP contribution in [0.15, 0.2) is 54.7 Å². The van der Waals surface area contributed by atoms with Gasteiger partial charge in [0, 0.05) is 19.0 Å². The van der Waals surface area contributed by atoms with E-state index in [1.54, 1.807) is 18.3 Å². The van der Waals surface area contributed by atoms with Crippen LogP contribution in [-0.4, -0.2) is 38.2 Å². The quantitative estimate of drug-likeness (QED) is 0.742. The molecule has 0 radical (unpaired) electrons. The monoisotopic (exact) mass is 387 g/mol. The molecule has 2 aliphatic rings. The van der Waals surface area contributed by atoms with Crippen LogP contribution >= 0.6 is 0 Å². The maximum Gasteiger partial charge on any atom is 0.335 e. The van der Waals surface area contributed by atoms with E-state index in [4.69, 9.17) is 0 Å². The Morgan fingerprint density at radius 2 is 1.83 bits per heavy atom. The number of nitrogens with zero attached hydrogens (tertiary/aromatic N) is 3. The van der Waals surface area contributed by atoms with Crippen molar-refractivity contribution in [1.29, 1.82) is 0 Å². The van der Waals surface area contributed by atoms with Crippen molar-refractivity contribution in [3.63, 3.8) is 0 Å². The molecule has 1 aliphatic carbocycles. The van der Waals surface area contributed by atoms with Crippen LogP contribution in [0.1, 0.15) is 56.3 Å². The summed E-state index contributed by atoms with van der Waals surface area (Å²) in [4.78, 5) is 26.5. The van der Waals surface area contributed by atoms with E-state index in [9.17, 15) is 14.7 Å². The molecule has 0 atom stereocenters. The van der Waals surface area contributed by atoms with Crippen molar-refractivity contribution in [3.05, 3.63) is 82.7 Å². The van der Waals surface area contributed by atoms with Crippen molar-refractivity contribution in [2.24, 2.45) is 0 Å². The van der Waals surface area contributed by atoms with Crippen LogP contribution in [0.2, 0.25) is 0 Å². The van der Waals surface area contributed by atoms with Crippen molar-refractivity contribution in [3.8, 4) is 5.69 Å². The Kier molecular flexibility index (Phi) is 4.19. The lowest BCUT2D eigenvalue weighted by Gasteiger charge is -2.29. The molecule has 1 fully saturated rings. The van der Waals surface area contributed by atoms with Gasteiger partial charge in [0.25, 0.3) is 5.91 Å². The summed E-state index contributed by atoms with van der Waals surface area (Å²) in [6.45, 7) is 1.05. The Morgan fingerprint density at radius 3 is 2.55 bits per heavy atom. The number of rotatable bonds is 4. The average molecular weight is 387 g/mol. The molecule has 146 valence electrons. The van der Waals surface area contributed by atoms with Crippen molar-refractivity contribution in [2.75, 3.05) is 6.54 Å². The van der Waals surface area contributed by atoms with Gasteiger partial charge in [-0.15, -0.1) is 0 Å². The fourth-order valence-corrected chi connectivity index (χ4v) is 4.08. The fourth-order valence-electron chi connectivity index (χ4n) is 4.08. The number of fused-ring (bicyclic) bond motifs is 1. The van der Waals surface area contributed by atoms with Gasteiger partial charge in [0.15, 0.2) is 0 Å². The van der Waals surface area contributed by atoms with Gasteiger partial charge in [0.1, 0.15) is 0 Å². The maximum atomic E-state index is 13.4. The fraction of sp³-hybridized carbons (Fsp3) is 0.261. The summed E-state index contributed by atoms with van der Waals surface area (Å²) in [7, 11) is 0. The largest absolute Gasteiger partial charge is 0.478 e. The number of carboxylic acid groups (broad SMARTS) is 1. The molecule has 1 amide bonds. The lowest BCUT2D eigenvalue weighted by molar-refractivity contribution is 0.0696. The van der Waals surface area contributed by atoms with E-state index in [-0.39, 0.29) is 11.5 Å². The zero-order chi connectivity index (χ0) is 20.0. The highest BCUT2D eigenvalue weighted by Crippen LogP contribution is 2.43. The highest BCUT2D eigenvalue weighted by Gasteiger charge is 2.35. The second kappa shape index (κ2) is 6.88. The molecule has 6 nitrogen and oxygen atoms in total. The summed E-state index contributed by atoms with van der Waals surface area (Å²) in [5.41, 5.74) is 4.90. The van der Waals surface area contributed by atoms with Gasteiger partial charge in [-0.3, -0.25) is 4.79 Å². The third-order valence-electron chi connectivity index (χ3n) is 5.75. The normalized spacial score (nSPS) is 15.8. The molecule has 0 spiro atoms. The highest BCUT2D eigenvalue weighted by molar-refractivity contribution is 5.96. The van der Waals surface area contributed by atoms with Gasteiger partial charge in [-0.1, -0.05) is 24.3 Å². The van der Waals surface area contributed by atoms with Gasteiger partial charge in [-0.2, -0.15) is 5.10 Å². The van der Waals surface area contributed by atoms with E-state index in [2.05, 4.69) is 5.10 Å². The number of amides is 1. The van der Waals surface area contributed by atoms with Crippen molar-refractivity contribution in [1.82, 2.24) is 14.7 Å². The Hall–Kier alpha value is -3.41. The topological polar surface area (TPSA) is 75.4 Å². The molecule has 1 aromatic heterocycles. The minimum Gasteiger partial charge on any atom is -0.478 e. The SMILES string of the molecule is O=C(O)c1ccc2c(c1)CN(C(=O)c1cnn(-c3ccccc3)c1C1CC1)CC2. The molecule has 0 saturated heterocycles. The molecule has 1 saturated carbocycles. The predicted molar refractivity (Wildman–Crippen MR) is 107 cm³/mol. The number of carbonyl (C=O) groups excluding carboxylic acids is 1. The van der Waals surface area contributed by atoms with Crippen LogP contribution in [0.25, 0.3) is 5.69 Å². The number of hydrogen-bond donors (Lipinski definition) is 1. The summed E-state index contributed by atoms with van der Waals surface area (Å²) in [5, 5.41) is 13.8. The average Bonchev–Trinajstić information content (AvgIpc) is 3.50. The Balaban J connectivity index is 1.47. The Morgan fingerprint density at radius 1 is 1.03 bits per heavy atom. The molecule has 0 unspecified atom stereocenters. The smallest absolute Gasteiger partial charge is 0.335 e. The molecule has 6 heteroatoms. The molecule has 0 bridgehead atoms. The molecule has 2 heterocycles. The first-order chi connectivity index (χ1) is 14.1. The second-order valence-corrected chi connectivity index (χ2v) is 7.73. The lowest BCUT2D eigenvalue weighted by atomic mass is 9.96. The van der Waals surface area contributed by atoms with Crippen molar-refractivity contribution in [2.45, 2.75) is 31.7 Å². The second-order valence-electron chi connectivity index (χ2n) is 7.73. The van der Waals surface area contributed by atoms with Crippen LogP contribution < -0.4 is 0 Å². The van der Waals surface area contributed by atoms with E-state index in [0.717, 1.165) is 41.8 Å². The standard InChI is InChI=1S/C23H21N3O3/c27-22(25-11-10-15-6-9-17(23(28)29)12-18(15)14-25)20-13-24-26(21(20)16-7-8-16)19-4-2-1-3-5-19/h1-6,9,12-13,16H,7-8,10-11,14H2,(H,28,29). The summed E-state index contributed by atoms with van der Waals surface area (Å²) in [6.07, 6.45) is 4.56. The van der Waals surface area contributed by atoms with E-state index in [1.165, 1.54) is 0 Å². The Labute approximate surface area is 168 Å².